The molecule has 1 aromatic heterocycles. The fourth-order valence-corrected chi connectivity index (χ4v) is 3.85. The molecule has 2 aromatic rings. The summed E-state index contributed by atoms with van der Waals surface area (Å²) in [5.74, 6) is 0.129. The van der Waals surface area contributed by atoms with Crippen LogP contribution in [-0.2, 0) is 22.9 Å². The SMILES string of the molecule is Cc1ccc(Cc2c(N3CCC4(CC3)OCCO4)[nH]c(=O)n(C)c2=O)cc1. The van der Waals surface area contributed by atoms with Gasteiger partial charge in [0, 0.05) is 39.4 Å². The van der Waals surface area contributed by atoms with Gasteiger partial charge in [0.25, 0.3) is 5.56 Å². The highest BCUT2D eigenvalue weighted by Gasteiger charge is 2.40. The first-order valence-corrected chi connectivity index (χ1v) is 9.38. The van der Waals surface area contributed by atoms with Gasteiger partial charge in [0.1, 0.15) is 5.82 Å². The first-order valence-electron chi connectivity index (χ1n) is 9.38. The molecule has 2 aliphatic rings. The van der Waals surface area contributed by atoms with Gasteiger partial charge in [0.15, 0.2) is 5.79 Å². The lowest BCUT2D eigenvalue weighted by molar-refractivity contribution is -0.169. The first kappa shape index (κ1) is 18.0. The Morgan fingerprint density at radius 3 is 2.33 bits per heavy atom. The third-order valence-corrected chi connectivity index (χ3v) is 5.54. The molecule has 0 amide bonds. The Kier molecular flexibility index (Phi) is 4.65. The van der Waals surface area contributed by atoms with Crippen LogP contribution in [0.4, 0.5) is 5.82 Å². The summed E-state index contributed by atoms with van der Waals surface area (Å²) in [6, 6.07) is 8.11. The van der Waals surface area contributed by atoms with E-state index in [4.69, 9.17) is 9.47 Å². The lowest BCUT2D eigenvalue weighted by atomic mass is 10.0. The Balaban J connectivity index is 1.66. The minimum atomic E-state index is -0.492. The maximum atomic E-state index is 12.8. The summed E-state index contributed by atoms with van der Waals surface area (Å²) in [6.07, 6.45) is 1.91. The molecule has 2 fully saturated rings. The molecule has 2 saturated heterocycles. The molecular formula is C20H25N3O4. The third kappa shape index (κ3) is 3.44. The number of piperidine rings is 1. The van der Waals surface area contributed by atoms with E-state index in [1.54, 1.807) is 0 Å². The van der Waals surface area contributed by atoms with Crippen molar-refractivity contribution in [3.63, 3.8) is 0 Å². The highest BCUT2D eigenvalue weighted by atomic mass is 16.7. The number of hydrogen-bond donors (Lipinski definition) is 1. The van der Waals surface area contributed by atoms with Crippen LogP contribution in [0, 0.1) is 6.92 Å². The van der Waals surface area contributed by atoms with Crippen molar-refractivity contribution in [1.29, 1.82) is 0 Å². The lowest BCUT2D eigenvalue weighted by Gasteiger charge is -2.38. The number of aryl methyl sites for hydroxylation is 1. The summed E-state index contributed by atoms with van der Waals surface area (Å²) >= 11 is 0. The number of rotatable bonds is 3. The number of aromatic nitrogens is 2. The zero-order chi connectivity index (χ0) is 19.0. The van der Waals surface area contributed by atoms with Crippen LogP contribution < -0.4 is 16.1 Å². The summed E-state index contributed by atoms with van der Waals surface area (Å²) in [6.45, 7) is 4.63. The number of nitrogens with one attached hydrogen (secondary N) is 1. The maximum Gasteiger partial charge on any atom is 0.329 e. The van der Waals surface area contributed by atoms with Gasteiger partial charge in [-0.05, 0) is 12.5 Å². The summed E-state index contributed by atoms with van der Waals surface area (Å²) in [5, 5.41) is 0. The molecule has 0 radical (unpaired) electrons. The van der Waals surface area contributed by atoms with E-state index in [9.17, 15) is 9.59 Å². The van der Waals surface area contributed by atoms with Crippen molar-refractivity contribution >= 4 is 5.82 Å². The molecule has 27 heavy (non-hydrogen) atoms. The van der Waals surface area contributed by atoms with Gasteiger partial charge in [-0.15, -0.1) is 0 Å². The molecule has 7 heteroatoms. The number of anilines is 1. The van der Waals surface area contributed by atoms with E-state index in [1.165, 1.54) is 12.6 Å². The van der Waals surface area contributed by atoms with E-state index in [0.29, 0.717) is 56.9 Å². The van der Waals surface area contributed by atoms with E-state index >= 15 is 0 Å². The number of H-pyrrole nitrogens is 1. The fourth-order valence-electron chi connectivity index (χ4n) is 3.85. The van der Waals surface area contributed by atoms with Crippen molar-refractivity contribution < 1.29 is 9.47 Å². The Morgan fingerprint density at radius 2 is 1.70 bits per heavy atom. The fraction of sp³-hybridized carbons (Fsp3) is 0.500. The largest absolute Gasteiger partial charge is 0.357 e. The monoisotopic (exact) mass is 371 g/mol. The van der Waals surface area contributed by atoms with Gasteiger partial charge in [0.05, 0.1) is 18.8 Å². The Hall–Kier alpha value is -2.38. The van der Waals surface area contributed by atoms with Crippen LogP contribution in [0.25, 0.3) is 0 Å². The molecule has 1 N–H and O–H groups in total. The van der Waals surface area contributed by atoms with Crippen LogP contribution in [-0.4, -0.2) is 41.6 Å². The van der Waals surface area contributed by atoms with Gasteiger partial charge in [0.2, 0.25) is 0 Å². The van der Waals surface area contributed by atoms with Crippen molar-refractivity contribution in [1.82, 2.24) is 9.55 Å². The minimum Gasteiger partial charge on any atom is -0.357 e. The van der Waals surface area contributed by atoms with Crippen LogP contribution >= 0.6 is 0 Å². The zero-order valence-electron chi connectivity index (χ0n) is 15.8. The Labute approximate surface area is 157 Å². The van der Waals surface area contributed by atoms with E-state index in [0.717, 1.165) is 10.1 Å². The maximum absolute atomic E-state index is 12.8. The van der Waals surface area contributed by atoms with Gasteiger partial charge in [-0.2, -0.15) is 0 Å². The van der Waals surface area contributed by atoms with Crippen molar-refractivity contribution in [2.75, 3.05) is 31.2 Å². The lowest BCUT2D eigenvalue weighted by Crippen LogP contribution is -2.47. The van der Waals surface area contributed by atoms with Crippen molar-refractivity contribution in [2.24, 2.45) is 7.05 Å². The standard InChI is InChI=1S/C20H25N3O4/c1-14-3-5-15(6-4-14)13-16-17(21-19(25)22(2)18(16)24)23-9-7-20(8-10-23)26-11-12-27-20/h3-6H,7-13H2,1-2H3,(H,21,25). The minimum absolute atomic E-state index is 0.247. The molecule has 1 spiro atoms. The zero-order valence-corrected chi connectivity index (χ0v) is 15.8. The van der Waals surface area contributed by atoms with E-state index in [2.05, 4.69) is 9.88 Å². The summed E-state index contributed by atoms with van der Waals surface area (Å²) in [4.78, 5) is 30.1. The third-order valence-electron chi connectivity index (χ3n) is 5.54. The molecule has 4 rings (SSSR count). The van der Waals surface area contributed by atoms with Gasteiger partial charge in [-0.25, -0.2) is 4.79 Å². The molecule has 2 aliphatic heterocycles. The first-order chi connectivity index (χ1) is 13.0. The molecule has 3 heterocycles. The van der Waals surface area contributed by atoms with Gasteiger partial charge < -0.3 is 14.4 Å². The molecule has 0 atom stereocenters. The second kappa shape index (κ2) is 6.98. The highest BCUT2D eigenvalue weighted by molar-refractivity contribution is 5.48. The molecule has 7 nitrogen and oxygen atoms in total. The van der Waals surface area contributed by atoms with Crippen molar-refractivity contribution in [2.45, 2.75) is 32.0 Å². The van der Waals surface area contributed by atoms with Crippen molar-refractivity contribution in [3.8, 4) is 0 Å². The number of hydrogen-bond acceptors (Lipinski definition) is 5. The average Bonchev–Trinajstić information content (AvgIpc) is 3.12. The molecule has 0 unspecified atom stereocenters. The molecule has 0 aliphatic carbocycles. The smallest absolute Gasteiger partial charge is 0.329 e. The molecule has 144 valence electrons. The number of benzene rings is 1. The predicted molar refractivity (Wildman–Crippen MR) is 102 cm³/mol. The summed E-state index contributed by atoms with van der Waals surface area (Å²) in [5.41, 5.74) is 2.19. The van der Waals surface area contributed by atoms with Gasteiger partial charge in [-0.1, -0.05) is 29.8 Å². The van der Waals surface area contributed by atoms with Crippen molar-refractivity contribution in [3.05, 3.63) is 61.8 Å². The van der Waals surface area contributed by atoms with Gasteiger partial charge in [-0.3, -0.25) is 14.3 Å². The number of aromatic amines is 1. The quantitative estimate of drug-likeness (QED) is 0.881. The number of ether oxygens (including phenoxy) is 2. The predicted octanol–water partition coefficient (Wildman–Crippen LogP) is 1.32. The molecule has 1 aromatic carbocycles. The number of nitrogens with zero attached hydrogens (tertiary/aromatic N) is 2. The molecular weight excluding hydrogens is 346 g/mol. The second-order valence-corrected chi connectivity index (χ2v) is 7.38. The highest BCUT2D eigenvalue weighted by Crippen LogP contribution is 2.33. The van der Waals surface area contributed by atoms with Crippen LogP contribution in [0.1, 0.15) is 29.5 Å². The summed E-state index contributed by atoms with van der Waals surface area (Å²) in [7, 11) is 1.51. The van der Waals surface area contributed by atoms with E-state index < -0.39 is 11.5 Å². The average molecular weight is 371 g/mol. The molecule has 0 saturated carbocycles. The van der Waals surface area contributed by atoms with Crippen LogP contribution in [0.5, 0.6) is 0 Å². The van der Waals surface area contributed by atoms with Crippen LogP contribution in [0.3, 0.4) is 0 Å². The Bertz CT molecular complexity index is 929. The Morgan fingerprint density at radius 1 is 1.07 bits per heavy atom. The van der Waals surface area contributed by atoms with Gasteiger partial charge >= 0.3 is 5.69 Å². The van der Waals surface area contributed by atoms with Crippen LogP contribution in [0.2, 0.25) is 0 Å². The second-order valence-electron chi connectivity index (χ2n) is 7.38. The normalized spacial score (nSPS) is 19.0. The van der Waals surface area contributed by atoms with Crippen LogP contribution in [0.15, 0.2) is 33.9 Å². The molecule has 0 bridgehead atoms. The topological polar surface area (TPSA) is 76.6 Å². The summed E-state index contributed by atoms with van der Waals surface area (Å²) < 4.78 is 12.7. The van der Waals surface area contributed by atoms with E-state index in [1.807, 2.05) is 31.2 Å². The van der Waals surface area contributed by atoms with E-state index in [-0.39, 0.29) is 5.56 Å².